The van der Waals surface area contributed by atoms with E-state index < -0.39 is 36.4 Å². The molecule has 2 rings (SSSR count). The number of hydrogen-bond acceptors (Lipinski definition) is 4. The summed E-state index contributed by atoms with van der Waals surface area (Å²) in [5.74, 6) is -3.41. The minimum Gasteiger partial charge on any atom is -0.461 e. The highest BCUT2D eigenvalue weighted by molar-refractivity contribution is 6.04. The van der Waals surface area contributed by atoms with Gasteiger partial charge >= 0.3 is 12.1 Å². The third kappa shape index (κ3) is 6.17. The number of carbonyl (C=O) groups excluding carboxylic acids is 3. The van der Waals surface area contributed by atoms with Gasteiger partial charge in [0.25, 0.3) is 5.91 Å². The minimum absolute atomic E-state index is 0.0639. The van der Waals surface area contributed by atoms with Gasteiger partial charge in [-0.15, -0.1) is 0 Å². The first-order valence-electron chi connectivity index (χ1n) is 8.76. The van der Waals surface area contributed by atoms with Crippen molar-refractivity contribution in [1.29, 1.82) is 0 Å². The number of hydrogen-bond donors (Lipinski definition) is 0. The zero-order chi connectivity index (χ0) is 21.6. The van der Waals surface area contributed by atoms with Gasteiger partial charge in [0.15, 0.2) is 0 Å². The number of halogens is 3. The summed E-state index contributed by atoms with van der Waals surface area (Å²) in [6, 6.07) is 11.5. The molecule has 0 aliphatic rings. The van der Waals surface area contributed by atoms with Crippen LogP contribution in [-0.2, 0) is 20.9 Å². The van der Waals surface area contributed by atoms with E-state index >= 15 is 0 Å². The van der Waals surface area contributed by atoms with Crippen LogP contribution in [0.1, 0.15) is 34.8 Å². The Bertz CT molecular complexity index is 864. The van der Waals surface area contributed by atoms with Crippen LogP contribution < -0.4 is 0 Å². The van der Waals surface area contributed by atoms with Crippen molar-refractivity contribution >= 4 is 17.8 Å². The average Bonchev–Trinajstić information content (AvgIpc) is 2.66. The Labute approximate surface area is 166 Å². The molecule has 1 atom stereocenters. The fourth-order valence-electron chi connectivity index (χ4n) is 2.65. The molecule has 0 bridgehead atoms. The number of imide groups is 1. The molecule has 0 fully saturated rings. The van der Waals surface area contributed by atoms with Gasteiger partial charge in [-0.05, 0) is 24.6 Å². The van der Waals surface area contributed by atoms with Gasteiger partial charge in [0, 0.05) is 12.5 Å². The van der Waals surface area contributed by atoms with Crippen molar-refractivity contribution in [3.8, 4) is 0 Å². The van der Waals surface area contributed by atoms with E-state index in [2.05, 4.69) is 0 Å². The Morgan fingerprint density at radius 2 is 1.59 bits per heavy atom. The fraction of sp³-hybridized carbons (Fsp3) is 0.286. The lowest BCUT2D eigenvalue weighted by atomic mass is 10.1. The summed E-state index contributed by atoms with van der Waals surface area (Å²) in [7, 11) is 0. The van der Waals surface area contributed by atoms with Crippen LogP contribution in [0.25, 0.3) is 0 Å². The molecule has 8 heteroatoms. The van der Waals surface area contributed by atoms with Gasteiger partial charge in [0.1, 0.15) is 12.6 Å². The van der Waals surface area contributed by atoms with Crippen molar-refractivity contribution in [3.05, 3.63) is 71.3 Å². The summed E-state index contributed by atoms with van der Waals surface area (Å²) in [5, 5.41) is 0. The zero-order valence-electron chi connectivity index (χ0n) is 15.9. The maximum atomic E-state index is 13.6. The van der Waals surface area contributed by atoms with E-state index in [0.29, 0.717) is 5.56 Å². The molecule has 2 amide bonds. The molecule has 154 valence electrons. The van der Waals surface area contributed by atoms with E-state index in [9.17, 15) is 27.6 Å². The molecular weight excluding hydrogens is 387 g/mol. The Hall–Kier alpha value is -3.16. The van der Waals surface area contributed by atoms with Gasteiger partial charge in [-0.1, -0.05) is 48.0 Å². The number of esters is 1. The molecule has 0 spiro atoms. The van der Waals surface area contributed by atoms with Crippen molar-refractivity contribution in [2.45, 2.75) is 39.1 Å². The van der Waals surface area contributed by atoms with Crippen molar-refractivity contribution in [1.82, 2.24) is 4.90 Å². The van der Waals surface area contributed by atoms with E-state index in [4.69, 9.17) is 4.74 Å². The van der Waals surface area contributed by atoms with E-state index in [1.807, 2.05) is 0 Å². The van der Waals surface area contributed by atoms with Crippen LogP contribution >= 0.6 is 0 Å². The number of alkyl halides is 3. The molecule has 0 aromatic heterocycles. The molecule has 0 heterocycles. The van der Waals surface area contributed by atoms with Crippen LogP contribution in [-0.4, -0.2) is 34.9 Å². The molecule has 0 radical (unpaired) electrons. The van der Waals surface area contributed by atoms with Gasteiger partial charge in [-0.3, -0.25) is 19.3 Å². The third-order valence-electron chi connectivity index (χ3n) is 4.15. The molecule has 2 aromatic rings. The van der Waals surface area contributed by atoms with Crippen LogP contribution in [0.5, 0.6) is 0 Å². The van der Waals surface area contributed by atoms with Gasteiger partial charge in [-0.25, -0.2) is 0 Å². The summed E-state index contributed by atoms with van der Waals surface area (Å²) < 4.78 is 45.8. The maximum Gasteiger partial charge on any atom is 0.409 e. The second kappa shape index (κ2) is 9.36. The van der Waals surface area contributed by atoms with Crippen LogP contribution in [0.3, 0.4) is 0 Å². The van der Waals surface area contributed by atoms with Crippen LogP contribution in [0, 0.1) is 6.92 Å². The van der Waals surface area contributed by atoms with Crippen LogP contribution in [0.15, 0.2) is 54.6 Å². The van der Waals surface area contributed by atoms with Gasteiger partial charge < -0.3 is 4.74 Å². The van der Waals surface area contributed by atoms with Gasteiger partial charge in [0.2, 0.25) is 5.91 Å². The van der Waals surface area contributed by atoms with Gasteiger partial charge in [-0.2, -0.15) is 13.2 Å². The molecule has 0 N–H and O–H groups in total. The average molecular weight is 407 g/mol. The molecule has 29 heavy (non-hydrogen) atoms. The normalized spacial score (nSPS) is 12.2. The highest BCUT2D eigenvalue weighted by atomic mass is 19.4. The molecule has 5 nitrogen and oxygen atoms in total. The van der Waals surface area contributed by atoms with E-state index in [1.54, 1.807) is 49.4 Å². The maximum absolute atomic E-state index is 13.6. The molecule has 1 unspecified atom stereocenters. The predicted octanol–water partition coefficient (Wildman–Crippen LogP) is 4.05. The number of ether oxygens (including phenoxy) is 1. The first-order chi connectivity index (χ1) is 13.6. The minimum atomic E-state index is -5.00. The lowest BCUT2D eigenvalue weighted by Crippen LogP contribution is -2.52. The molecule has 0 saturated carbocycles. The number of aryl methyl sites for hydroxylation is 1. The number of nitrogens with zero attached hydrogens (tertiary/aromatic N) is 1. The first kappa shape index (κ1) is 22.1. The molecule has 2 aromatic carbocycles. The monoisotopic (exact) mass is 407 g/mol. The molecular formula is C21H20F3NO4. The summed E-state index contributed by atoms with van der Waals surface area (Å²) in [6.45, 7) is 2.38. The molecule has 0 aliphatic carbocycles. The summed E-state index contributed by atoms with van der Waals surface area (Å²) >= 11 is 0. The molecule has 0 aliphatic heterocycles. The Kier molecular flexibility index (Phi) is 7.14. The standard InChI is InChI=1S/C21H20F3NO4/c1-14-8-10-17(11-9-14)20(28)25(15(2)26)18(21(22,23)24)12-19(27)29-13-16-6-4-3-5-7-16/h3-11,18H,12-13H2,1-2H3. The Morgan fingerprint density at radius 3 is 2.10 bits per heavy atom. The van der Waals surface area contributed by atoms with E-state index in [-0.39, 0.29) is 17.1 Å². The van der Waals surface area contributed by atoms with Crippen molar-refractivity contribution in [3.63, 3.8) is 0 Å². The topological polar surface area (TPSA) is 63.7 Å². The highest BCUT2D eigenvalue weighted by Gasteiger charge is 2.48. The second-order valence-corrected chi connectivity index (χ2v) is 6.47. The predicted molar refractivity (Wildman–Crippen MR) is 98.7 cm³/mol. The van der Waals surface area contributed by atoms with E-state index in [0.717, 1.165) is 12.5 Å². The fourth-order valence-corrected chi connectivity index (χ4v) is 2.65. The molecule has 0 saturated heterocycles. The lowest BCUT2D eigenvalue weighted by Gasteiger charge is -2.30. The van der Waals surface area contributed by atoms with E-state index in [1.165, 1.54) is 12.1 Å². The lowest BCUT2D eigenvalue weighted by molar-refractivity contribution is -0.189. The number of amides is 2. The van der Waals surface area contributed by atoms with Crippen molar-refractivity contribution in [2.24, 2.45) is 0 Å². The zero-order valence-corrected chi connectivity index (χ0v) is 15.9. The van der Waals surface area contributed by atoms with Crippen LogP contribution in [0.4, 0.5) is 13.2 Å². The summed E-state index contributed by atoms with van der Waals surface area (Å²) in [4.78, 5) is 36.6. The van der Waals surface area contributed by atoms with Crippen LogP contribution in [0.2, 0.25) is 0 Å². The quantitative estimate of drug-likeness (QED) is 0.678. The largest absolute Gasteiger partial charge is 0.461 e. The summed E-state index contributed by atoms with van der Waals surface area (Å²) in [6.07, 6.45) is -6.19. The Morgan fingerprint density at radius 1 is 1.00 bits per heavy atom. The number of benzene rings is 2. The highest BCUT2D eigenvalue weighted by Crippen LogP contribution is 2.29. The smallest absolute Gasteiger partial charge is 0.409 e. The van der Waals surface area contributed by atoms with Crippen molar-refractivity contribution in [2.75, 3.05) is 0 Å². The third-order valence-corrected chi connectivity index (χ3v) is 4.15. The summed E-state index contributed by atoms with van der Waals surface area (Å²) in [5.41, 5.74) is 1.31. The van der Waals surface area contributed by atoms with Crippen molar-refractivity contribution < 1.29 is 32.3 Å². The Balaban J connectivity index is 2.21. The number of rotatable bonds is 6. The SMILES string of the molecule is CC(=O)N(C(=O)c1ccc(C)cc1)C(CC(=O)OCc1ccccc1)C(F)(F)F. The second-order valence-electron chi connectivity index (χ2n) is 6.47. The number of carbonyl (C=O) groups is 3. The first-order valence-corrected chi connectivity index (χ1v) is 8.76. The van der Waals surface area contributed by atoms with Gasteiger partial charge in [0.05, 0.1) is 6.42 Å².